The summed E-state index contributed by atoms with van der Waals surface area (Å²) in [5.74, 6) is -0.965. The van der Waals surface area contributed by atoms with Crippen LogP contribution in [0.5, 0.6) is 11.5 Å². The van der Waals surface area contributed by atoms with Crippen molar-refractivity contribution in [3.05, 3.63) is 114 Å². The molecular weight excluding hydrogens is 469 g/mol. The Labute approximate surface area is 205 Å². The zero-order valence-electron chi connectivity index (χ0n) is 18.9. The summed E-state index contributed by atoms with van der Waals surface area (Å²) in [7, 11) is 0. The molecule has 0 fully saturated rings. The third-order valence-electron chi connectivity index (χ3n) is 5.29. The molecule has 0 atom stereocenters. The van der Waals surface area contributed by atoms with Crippen molar-refractivity contribution >= 4 is 12.0 Å². The molecule has 182 valence electrons. The minimum absolute atomic E-state index is 0.270. The molecule has 0 saturated carbocycles. The quantitative estimate of drug-likeness (QED) is 0.259. The second kappa shape index (κ2) is 10.8. The van der Waals surface area contributed by atoms with Crippen molar-refractivity contribution in [3.63, 3.8) is 0 Å². The van der Waals surface area contributed by atoms with Gasteiger partial charge in [-0.25, -0.2) is 4.79 Å². The van der Waals surface area contributed by atoms with Crippen LogP contribution in [-0.2, 0) is 11.4 Å². The summed E-state index contributed by atoms with van der Waals surface area (Å²) in [6, 6.07) is 28.5. The standard InChI is InChI=1S/C29H21F3O4/c30-29(31,32)36-26-14-10-23(11-15-26)24-12-16-27(25(18-24)13-17-28(33)34)35-19-20-6-8-22(9-7-20)21-4-2-1-3-5-21/h1-18H,19H2,(H,33,34)/b17-13+. The van der Waals surface area contributed by atoms with Gasteiger partial charge in [-0.3, -0.25) is 0 Å². The lowest BCUT2D eigenvalue weighted by atomic mass is 10.0. The van der Waals surface area contributed by atoms with Crippen molar-refractivity contribution in [1.29, 1.82) is 0 Å². The molecule has 0 aliphatic heterocycles. The third kappa shape index (κ3) is 6.76. The number of hydrogen-bond acceptors (Lipinski definition) is 3. The average molecular weight is 490 g/mol. The summed E-state index contributed by atoms with van der Waals surface area (Å²) in [5.41, 5.74) is 4.97. The fourth-order valence-corrected chi connectivity index (χ4v) is 3.58. The lowest BCUT2D eigenvalue weighted by Crippen LogP contribution is -2.16. The molecule has 1 N–H and O–H groups in total. The van der Waals surface area contributed by atoms with Gasteiger partial charge in [0.2, 0.25) is 0 Å². The van der Waals surface area contributed by atoms with Gasteiger partial charge in [0.25, 0.3) is 0 Å². The number of carboxylic acids is 1. The molecule has 4 aromatic rings. The van der Waals surface area contributed by atoms with Crippen molar-refractivity contribution in [1.82, 2.24) is 0 Å². The van der Waals surface area contributed by atoms with Gasteiger partial charge in [0.1, 0.15) is 18.1 Å². The zero-order valence-corrected chi connectivity index (χ0v) is 18.9. The predicted molar refractivity (Wildman–Crippen MR) is 131 cm³/mol. The maximum Gasteiger partial charge on any atom is 0.573 e. The Morgan fingerprint density at radius 2 is 1.36 bits per heavy atom. The van der Waals surface area contributed by atoms with Crippen molar-refractivity contribution < 1.29 is 32.5 Å². The largest absolute Gasteiger partial charge is 0.573 e. The van der Waals surface area contributed by atoms with Gasteiger partial charge in [-0.1, -0.05) is 72.8 Å². The van der Waals surface area contributed by atoms with Crippen molar-refractivity contribution in [2.45, 2.75) is 13.0 Å². The van der Waals surface area contributed by atoms with E-state index in [2.05, 4.69) is 4.74 Å². The van der Waals surface area contributed by atoms with Gasteiger partial charge in [-0.2, -0.15) is 0 Å². The number of alkyl halides is 3. The van der Waals surface area contributed by atoms with Crippen LogP contribution in [0.4, 0.5) is 13.2 Å². The Hall–Kier alpha value is -4.52. The maximum absolute atomic E-state index is 12.4. The molecule has 4 nitrogen and oxygen atoms in total. The van der Waals surface area contributed by atoms with E-state index in [4.69, 9.17) is 9.84 Å². The highest BCUT2D eigenvalue weighted by atomic mass is 19.4. The van der Waals surface area contributed by atoms with E-state index in [0.717, 1.165) is 22.8 Å². The smallest absolute Gasteiger partial charge is 0.488 e. The van der Waals surface area contributed by atoms with Crippen LogP contribution in [0.25, 0.3) is 28.3 Å². The van der Waals surface area contributed by atoms with Gasteiger partial charge >= 0.3 is 12.3 Å². The monoisotopic (exact) mass is 490 g/mol. The molecule has 4 aromatic carbocycles. The lowest BCUT2D eigenvalue weighted by Gasteiger charge is -2.13. The molecule has 0 radical (unpaired) electrons. The van der Waals surface area contributed by atoms with Crippen LogP contribution in [0.1, 0.15) is 11.1 Å². The molecule has 36 heavy (non-hydrogen) atoms. The molecule has 0 bridgehead atoms. The number of benzene rings is 4. The van der Waals surface area contributed by atoms with Gasteiger partial charge in [-0.15, -0.1) is 13.2 Å². The van der Waals surface area contributed by atoms with Crippen LogP contribution < -0.4 is 9.47 Å². The molecule has 0 aliphatic rings. The number of rotatable bonds is 8. The topological polar surface area (TPSA) is 55.8 Å². The van der Waals surface area contributed by atoms with E-state index in [-0.39, 0.29) is 12.4 Å². The van der Waals surface area contributed by atoms with Crippen LogP contribution in [0, 0.1) is 0 Å². The number of carbonyl (C=O) groups is 1. The number of carboxylic acid groups (broad SMARTS) is 1. The highest BCUT2D eigenvalue weighted by molar-refractivity contribution is 5.86. The predicted octanol–water partition coefficient (Wildman–Crippen LogP) is 7.60. The summed E-state index contributed by atoms with van der Waals surface area (Å²) in [6.07, 6.45) is -2.35. The fourth-order valence-electron chi connectivity index (χ4n) is 3.58. The summed E-state index contributed by atoms with van der Waals surface area (Å²) in [4.78, 5) is 11.1. The van der Waals surface area contributed by atoms with Crippen molar-refractivity contribution in [3.8, 4) is 33.8 Å². The van der Waals surface area contributed by atoms with Gasteiger partial charge in [0.15, 0.2) is 0 Å². The molecule has 0 saturated heterocycles. The second-order valence-electron chi connectivity index (χ2n) is 7.85. The van der Waals surface area contributed by atoms with Crippen molar-refractivity contribution in [2.75, 3.05) is 0 Å². The average Bonchev–Trinajstić information content (AvgIpc) is 2.87. The first-order valence-electron chi connectivity index (χ1n) is 11.0. The number of halogens is 3. The van der Waals surface area contributed by atoms with E-state index in [1.54, 1.807) is 18.2 Å². The summed E-state index contributed by atoms with van der Waals surface area (Å²) in [5, 5.41) is 9.07. The van der Waals surface area contributed by atoms with Crippen LogP contribution in [0.2, 0.25) is 0 Å². The molecule has 7 heteroatoms. The molecule has 0 spiro atoms. The minimum Gasteiger partial charge on any atom is -0.488 e. The van der Waals surface area contributed by atoms with E-state index in [9.17, 15) is 18.0 Å². The van der Waals surface area contributed by atoms with E-state index in [1.165, 1.54) is 30.3 Å². The van der Waals surface area contributed by atoms with E-state index in [0.29, 0.717) is 22.4 Å². The van der Waals surface area contributed by atoms with Gasteiger partial charge in [0, 0.05) is 11.6 Å². The van der Waals surface area contributed by atoms with E-state index in [1.807, 2.05) is 54.6 Å². The van der Waals surface area contributed by atoms with Crippen LogP contribution in [0.3, 0.4) is 0 Å². The molecule has 4 rings (SSSR count). The summed E-state index contributed by atoms with van der Waals surface area (Å²) >= 11 is 0. The van der Waals surface area contributed by atoms with Gasteiger partial charge < -0.3 is 14.6 Å². The maximum atomic E-state index is 12.4. The van der Waals surface area contributed by atoms with Crippen LogP contribution >= 0.6 is 0 Å². The number of aliphatic carboxylic acids is 1. The lowest BCUT2D eigenvalue weighted by molar-refractivity contribution is -0.274. The molecule has 0 unspecified atom stereocenters. The van der Waals surface area contributed by atoms with Crippen LogP contribution in [-0.4, -0.2) is 17.4 Å². The van der Waals surface area contributed by atoms with Crippen molar-refractivity contribution in [2.24, 2.45) is 0 Å². The second-order valence-corrected chi connectivity index (χ2v) is 7.85. The van der Waals surface area contributed by atoms with Crippen LogP contribution in [0.15, 0.2) is 103 Å². The third-order valence-corrected chi connectivity index (χ3v) is 5.29. The zero-order chi connectivity index (χ0) is 25.5. The normalized spacial score (nSPS) is 11.4. The molecular formula is C29H21F3O4. The van der Waals surface area contributed by atoms with Gasteiger partial charge in [-0.05, 0) is 58.2 Å². The number of ether oxygens (including phenoxy) is 2. The molecule has 0 aliphatic carbocycles. The first-order chi connectivity index (χ1) is 17.3. The Morgan fingerprint density at radius 3 is 2.00 bits per heavy atom. The Balaban J connectivity index is 1.52. The van der Waals surface area contributed by atoms with Gasteiger partial charge in [0.05, 0.1) is 0 Å². The minimum atomic E-state index is -4.77. The SMILES string of the molecule is O=C(O)/C=C/c1cc(-c2ccc(OC(F)(F)F)cc2)ccc1OCc1ccc(-c2ccccc2)cc1. The highest BCUT2D eigenvalue weighted by Crippen LogP contribution is 2.31. The fraction of sp³-hybridized carbons (Fsp3) is 0.0690. The number of hydrogen-bond donors (Lipinski definition) is 1. The molecule has 0 aromatic heterocycles. The van der Waals surface area contributed by atoms with E-state index < -0.39 is 12.3 Å². The summed E-state index contributed by atoms with van der Waals surface area (Å²) in [6.45, 7) is 0.270. The molecule has 0 heterocycles. The summed E-state index contributed by atoms with van der Waals surface area (Å²) < 4.78 is 47.1. The highest BCUT2D eigenvalue weighted by Gasteiger charge is 2.30. The van der Waals surface area contributed by atoms with E-state index >= 15 is 0 Å². The molecule has 0 amide bonds. The Bertz CT molecular complexity index is 1340. The first-order valence-corrected chi connectivity index (χ1v) is 11.0. The Morgan fingerprint density at radius 1 is 0.778 bits per heavy atom. The first kappa shape index (κ1) is 24.6. The Kier molecular flexibility index (Phi) is 7.39.